The monoisotopic (exact) mass is 1230 g/mol. The first-order chi connectivity index (χ1) is 41.1. The second-order valence-electron chi connectivity index (χ2n) is 19.5. The van der Waals surface area contributed by atoms with E-state index in [2.05, 4.69) is 31.0 Å². The molecule has 6 aromatic rings. The molecule has 3 N–H and O–H groups in total. The second kappa shape index (κ2) is 34.8. The molecule has 19 heteroatoms. The molecule has 6 aromatic carbocycles. The Labute approximate surface area is 514 Å². The summed E-state index contributed by atoms with van der Waals surface area (Å²) in [5, 5.41) is 2.68. The molecule has 1 amide bonds. The van der Waals surface area contributed by atoms with Gasteiger partial charge in [0.25, 0.3) is 11.1 Å². The van der Waals surface area contributed by atoms with Crippen molar-refractivity contribution in [2.45, 2.75) is 83.1 Å². The average molecular weight is 1230 g/mol. The normalized spacial score (nSPS) is 14.2. The zero-order chi connectivity index (χ0) is 62.2. The van der Waals surface area contributed by atoms with Gasteiger partial charge < -0.3 is 58.6 Å². The summed E-state index contributed by atoms with van der Waals surface area (Å²) in [5.41, 5.74) is 15.5. The summed E-state index contributed by atoms with van der Waals surface area (Å²) in [7, 11) is 12.4. The lowest BCUT2D eigenvalue weighted by Crippen LogP contribution is -2.29. The zero-order valence-corrected chi connectivity index (χ0v) is 52.8. The highest BCUT2D eigenvalue weighted by Gasteiger charge is 2.31. The van der Waals surface area contributed by atoms with Crippen molar-refractivity contribution in [3.63, 3.8) is 0 Å². The van der Waals surface area contributed by atoms with Crippen molar-refractivity contribution in [1.82, 2.24) is 10.2 Å². The number of alkyl halides is 2. The molecule has 3 aliphatic rings. The highest BCUT2D eigenvalue weighted by atomic mass is 35.5. The fourth-order valence-electron chi connectivity index (χ4n) is 10.0. The first-order valence-corrected chi connectivity index (χ1v) is 29.5. The van der Waals surface area contributed by atoms with Crippen molar-refractivity contribution in [3.8, 4) is 68.2 Å². The van der Waals surface area contributed by atoms with Gasteiger partial charge in [0.2, 0.25) is 22.4 Å². The zero-order valence-electron chi connectivity index (χ0n) is 50.6. The summed E-state index contributed by atoms with van der Waals surface area (Å²) in [6, 6.07) is 27.2. The van der Waals surface area contributed by atoms with Gasteiger partial charge >= 0.3 is 0 Å². The molecule has 0 saturated carbocycles. The van der Waals surface area contributed by atoms with E-state index in [0.29, 0.717) is 82.2 Å². The van der Waals surface area contributed by atoms with Gasteiger partial charge in [0.05, 0.1) is 62.9 Å². The summed E-state index contributed by atoms with van der Waals surface area (Å²) in [6.45, 7) is 12.1. The number of ether oxygens (including phenoxy) is 9. The van der Waals surface area contributed by atoms with Crippen LogP contribution in [-0.4, -0.2) is 106 Å². The Morgan fingerprint density at radius 2 is 0.953 bits per heavy atom. The Hall–Kier alpha value is -7.05. The molecule has 16 nitrogen and oxygen atoms in total. The van der Waals surface area contributed by atoms with Crippen molar-refractivity contribution >= 4 is 46.0 Å². The maximum Gasteiger partial charge on any atom is 0.252 e. The van der Waals surface area contributed by atoms with Gasteiger partial charge in [-0.05, 0) is 175 Å². The second-order valence-corrected chi connectivity index (χ2v) is 20.4. The fourth-order valence-corrected chi connectivity index (χ4v) is 10.5. The smallest absolute Gasteiger partial charge is 0.252 e. The Kier molecular flexibility index (Phi) is 28.1. The maximum absolute atomic E-state index is 13.2. The number of aryl methyl sites for hydroxylation is 2. The standard InChI is InChI=1S/C28H28ClNO6.C20H23NO5.C8H6Cl2O.C6H15N.C4H8O/c1-33-23-12-10-19-20(14-22(23)31)21(30-28(32)17-7-5-16(15-29)6-8-17)11-9-18-13-24(34-2)26(35-3)27(36-4)25(18)19;1-23-16-8-6-12-13(10-15(16)22)14(21)7-5-11-9-17(24-2)19(25-3)20(26-4)18(11)12;9-5-6-1-3-7(4-2-6)8(10)11;1-4-7(5-2)6-3;1-2-4-5-3-1/h5-8,10,12-14,21H,9,11,15H2,1-4H3,(H,30,32);6,8-10,14H,5,7,21H2,1-4H3;1-4H,5H2;4-6H2,1-3H3;1-4H2/t21-;14-;;;/m00.../s1. The number of rotatable bonds is 16. The van der Waals surface area contributed by atoms with E-state index in [-0.39, 0.29) is 34.3 Å². The van der Waals surface area contributed by atoms with Crippen molar-refractivity contribution in [2.75, 3.05) is 89.7 Å². The predicted octanol–water partition coefficient (Wildman–Crippen LogP) is 12.5. The molecule has 1 saturated heterocycles. The van der Waals surface area contributed by atoms with E-state index in [0.717, 1.165) is 69.7 Å². The molecule has 0 unspecified atom stereocenters. The number of amides is 1. The van der Waals surface area contributed by atoms with E-state index in [4.69, 9.17) is 83.2 Å². The molecular formula is C66H80Cl3N3O13. The Morgan fingerprint density at radius 1 is 0.541 bits per heavy atom. The van der Waals surface area contributed by atoms with Crippen LogP contribution in [0.2, 0.25) is 0 Å². The van der Waals surface area contributed by atoms with Crippen LogP contribution >= 0.6 is 34.8 Å². The van der Waals surface area contributed by atoms with Crippen LogP contribution in [-0.2, 0) is 29.3 Å². The predicted molar refractivity (Wildman–Crippen MR) is 338 cm³/mol. The van der Waals surface area contributed by atoms with Gasteiger partial charge in [-0.25, -0.2) is 0 Å². The summed E-state index contributed by atoms with van der Waals surface area (Å²) >= 11 is 16.7. The van der Waals surface area contributed by atoms with Gasteiger partial charge in [-0.2, -0.15) is 0 Å². The van der Waals surface area contributed by atoms with Gasteiger partial charge in [0.15, 0.2) is 34.5 Å². The van der Waals surface area contributed by atoms with Crippen LogP contribution in [0.25, 0.3) is 22.3 Å². The van der Waals surface area contributed by atoms with E-state index in [1.54, 1.807) is 97.3 Å². The highest BCUT2D eigenvalue weighted by Crippen LogP contribution is 2.52. The third-order valence-electron chi connectivity index (χ3n) is 14.7. The summed E-state index contributed by atoms with van der Waals surface area (Å²) in [5.74, 6) is 4.21. The quantitative estimate of drug-likeness (QED) is 0.0686. The van der Waals surface area contributed by atoms with E-state index in [1.165, 1.54) is 52.8 Å². The maximum atomic E-state index is 13.2. The third kappa shape index (κ3) is 17.8. The number of nitrogens with one attached hydrogen (secondary N) is 1. The topological polar surface area (TPSA) is 193 Å². The number of hydrogen-bond acceptors (Lipinski definition) is 15. The minimum Gasteiger partial charge on any atom is -0.493 e. The molecule has 2 aliphatic carbocycles. The fraction of sp³-hybridized carbons (Fsp3) is 0.394. The SMILES string of the molecule is C1CCOC1.CCN(CC)CC.COc1cc2c(c(OC)c1OC)-c1ccc(OC)c(=O)cc1[C@@H](N)CC2.COc1cc2c(c(OC)c1OC)-c1ccc(OC)c(=O)cc1[C@@H](NC(=O)c1ccc(CCl)cc1)CC2.O=C(Cl)c1ccc(CCl)cc1. The van der Waals surface area contributed by atoms with Crippen LogP contribution in [0.15, 0.2) is 107 Å². The molecule has 1 aliphatic heterocycles. The molecule has 1 fully saturated rings. The van der Waals surface area contributed by atoms with Gasteiger partial charge in [0, 0.05) is 53.3 Å². The van der Waals surface area contributed by atoms with Crippen molar-refractivity contribution in [2.24, 2.45) is 5.73 Å². The first kappa shape index (κ1) is 68.7. The van der Waals surface area contributed by atoms with Crippen molar-refractivity contribution in [3.05, 3.63) is 162 Å². The third-order valence-corrected chi connectivity index (χ3v) is 15.5. The molecule has 0 aromatic heterocycles. The Morgan fingerprint density at radius 3 is 1.32 bits per heavy atom. The van der Waals surface area contributed by atoms with Crippen LogP contribution in [0.1, 0.15) is 113 Å². The molecule has 0 spiro atoms. The summed E-state index contributed by atoms with van der Waals surface area (Å²) in [6.07, 6.45) is 5.14. The number of carbonyl (C=O) groups is 2. The summed E-state index contributed by atoms with van der Waals surface area (Å²) < 4.78 is 49.1. The lowest BCUT2D eigenvalue weighted by atomic mass is 9.95. The van der Waals surface area contributed by atoms with Crippen LogP contribution in [0.3, 0.4) is 0 Å². The van der Waals surface area contributed by atoms with Gasteiger partial charge in [0.1, 0.15) is 0 Å². The summed E-state index contributed by atoms with van der Waals surface area (Å²) in [4.78, 5) is 51.5. The molecule has 9 rings (SSSR count). The molecule has 458 valence electrons. The molecular weight excluding hydrogens is 1150 g/mol. The number of methoxy groups -OCH3 is 8. The van der Waals surface area contributed by atoms with Crippen LogP contribution in [0.5, 0.6) is 46.0 Å². The van der Waals surface area contributed by atoms with E-state index in [9.17, 15) is 19.2 Å². The van der Waals surface area contributed by atoms with Crippen molar-refractivity contribution < 1.29 is 52.2 Å². The lowest BCUT2D eigenvalue weighted by Gasteiger charge is -2.20. The molecule has 1 heterocycles. The Bertz CT molecular complexity index is 3270. The van der Waals surface area contributed by atoms with Crippen LogP contribution < -0.4 is 59.8 Å². The number of halogens is 3. The number of fused-ring (bicyclic) bond motifs is 6. The van der Waals surface area contributed by atoms with Crippen molar-refractivity contribution in [1.29, 1.82) is 0 Å². The number of benzene rings is 4. The average Bonchev–Trinajstić information content (AvgIpc) is 2.75. The number of carbonyl (C=O) groups excluding carboxylic acids is 2. The van der Waals surface area contributed by atoms with Crippen LogP contribution in [0.4, 0.5) is 0 Å². The van der Waals surface area contributed by atoms with E-state index >= 15 is 0 Å². The first-order valence-electron chi connectivity index (χ1n) is 28.0. The minimum atomic E-state index is -0.445. The van der Waals surface area contributed by atoms with Gasteiger partial charge in [-0.3, -0.25) is 19.2 Å². The Balaban J connectivity index is 0.000000231. The minimum absolute atomic E-state index is 0.200. The van der Waals surface area contributed by atoms with Gasteiger partial charge in [-0.1, -0.05) is 57.2 Å². The number of nitrogens with zero attached hydrogens (tertiary/aromatic N) is 1. The molecule has 2 atom stereocenters. The van der Waals surface area contributed by atoms with E-state index in [1.807, 2.05) is 36.4 Å². The molecule has 0 radical (unpaired) electrons. The number of hydrogen-bond donors (Lipinski definition) is 2. The number of nitrogens with two attached hydrogens (primary N) is 1. The van der Waals surface area contributed by atoms with E-state index < -0.39 is 11.3 Å². The van der Waals surface area contributed by atoms with Crippen LogP contribution in [0, 0.1) is 0 Å². The van der Waals surface area contributed by atoms with Gasteiger partial charge in [-0.15, -0.1) is 23.2 Å². The lowest BCUT2D eigenvalue weighted by molar-refractivity contribution is 0.0934. The molecule has 0 bridgehead atoms. The largest absolute Gasteiger partial charge is 0.493 e. The highest BCUT2D eigenvalue weighted by molar-refractivity contribution is 6.67. The molecule has 85 heavy (non-hydrogen) atoms.